The van der Waals surface area contributed by atoms with Crippen LogP contribution >= 0.6 is 51.2 Å². The molecule has 3 N–H and O–H groups in total. The summed E-state index contributed by atoms with van der Waals surface area (Å²) in [4.78, 5) is 16.2. The lowest BCUT2D eigenvalue weighted by Crippen LogP contribution is -2.41. The number of nitrogens with zero attached hydrogens (tertiary/aromatic N) is 1. The summed E-state index contributed by atoms with van der Waals surface area (Å²) in [6, 6.07) is 7.83. The summed E-state index contributed by atoms with van der Waals surface area (Å²) in [5, 5.41) is 13.2. The maximum Gasteiger partial charge on any atom is 0.243 e. The molecule has 8 heteroatoms. The van der Waals surface area contributed by atoms with Gasteiger partial charge >= 0.3 is 0 Å². The molecule has 0 saturated carbocycles. The molecule has 1 aromatic carbocycles. The Balaban J connectivity index is 0.00000288. The normalized spacial score (nSPS) is 10.7. The van der Waals surface area contributed by atoms with Crippen molar-refractivity contribution in [2.75, 3.05) is 18.9 Å². The molecule has 24 heavy (non-hydrogen) atoms. The first-order valence-electron chi connectivity index (χ1n) is 7.10. The van der Waals surface area contributed by atoms with E-state index in [1.54, 1.807) is 18.4 Å². The number of rotatable bonds is 5. The van der Waals surface area contributed by atoms with Gasteiger partial charge in [0, 0.05) is 23.8 Å². The molecule has 130 valence electrons. The van der Waals surface area contributed by atoms with Gasteiger partial charge in [-0.3, -0.25) is 9.79 Å². The van der Waals surface area contributed by atoms with Crippen LogP contribution in [0.5, 0.6) is 0 Å². The average Bonchev–Trinajstić information content (AvgIpc) is 3.04. The van der Waals surface area contributed by atoms with Crippen molar-refractivity contribution in [3.05, 3.63) is 50.6 Å². The third-order valence-corrected chi connectivity index (χ3v) is 4.38. The first-order chi connectivity index (χ1) is 11.1. The highest BCUT2D eigenvalue weighted by Crippen LogP contribution is 2.20. The van der Waals surface area contributed by atoms with Crippen LogP contribution in [0.15, 0.2) is 44.5 Å². The molecular weight excluding hydrogens is 503 g/mol. The number of aliphatic imine (C=N–C) groups is 1. The van der Waals surface area contributed by atoms with Crippen LogP contribution < -0.4 is 16.0 Å². The van der Waals surface area contributed by atoms with E-state index in [2.05, 4.69) is 42.3 Å². The van der Waals surface area contributed by atoms with Crippen LogP contribution in [0, 0.1) is 6.92 Å². The van der Waals surface area contributed by atoms with E-state index in [0.29, 0.717) is 12.5 Å². The highest BCUT2D eigenvalue weighted by molar-refractivity contribution is 14.0. The summed E-state index contributed by atoms with van der Waals surface area (Å²) in [5.74, 6) is 0.474. The number of hydrogen-bond acceptors (Lipinski definition) is 3. The molecule has 0 unspecified atom stereocenters. The zero-order valence-electron chi connectivity index (χ0n) is 13.4. The van der Waals surface area contributed by atoms with Gasteiger partial charge in [0.1, 0.15) is 0 Å². The molecule has 0 aliphatic heterocycles. The quantitative estimate of drug-likeness (QED) is 0.318. The number of amides is 1. The van der Waals surface area contributed by atoms with Gasteiger partial charge in [-0.25, -0.2) is 0 Å². The largest absolute Gasteiger partial charge is 0.352 e. The summed E-state index contributed by atoms with van der Waals surface area (Å²) in [6.45, 7) is 2.78. The molecular formula is C16H20BrIN4OS. The molecule has 0 atom stereocenters. The maximum atomic E-state index is 12.1. The fraction of sp³-hybridized carbons (Fsp3) is 0.250. The zero-order valence-corrected chi connectivity index (χ0v) is 18.2. The molecule has 0 fully saturated rings. The Hall–Kier alpha value is -1.13. The number of aryl methyl sites for hydroxylation is 1. The first kappa shape index (κ1) is 20.9. The van der Waals surface area contributed by atoms with E-state index in [4.69, 9.17) is 0 Å². The van der Waals surface area contributed by atoms with E-state index >= 15 is 0 Å². The van der Waals surface area contributed by atoms with Crippen LogP contribution in [0.1, 0.15) is 11.1 Å². The van der Waals surface area contributed by atoms with Crippen molar-refractivity contribution in [3.63, 3.8) is 0 Å². The number of hydrogen-bond donors (Lipinski definition) is 3. The fourth-order valence-corrected chi connectivity index (χ4v) is 2.92. The highest BCUT2D eigenvalue weighted by atomic mass is 127. The predicted molar refractivity (Wildman–Crippen MR) is 115 cm³/mol. The Labute approximate surface area is 171 Å². The number of nitrogens with one attached hydrogen (secondary N) is 3. The molecule has 2 rings (SSSR count). The summed E-state index contributed by atoms with van der Waals surface area (Å²) in [6.07, 6.45) is 0. The van der Waals surface area contributed by atoms with E-state index in [-0.39, 0.29) is 36.4 Å². The number of carbonyl (C=O) groups is 1. The minimum absolute atomic E-state index is 0. The number of guanidine groups is 1. The van der Waals surface area contributed by atoms with Gasteiger partial charge in [0.15, 0.2) is 5.96 Å². The zero-order chi connectivity index (χ0) is 16.7. The molecule has 0 aliphatic carbocycles. The Morgan fingerprint density at radius 1 is 1.29 bits per heavy atom. The second-order valence-corrected chi connectivity index (χ2v) is 6.61. The molecule has 1 aromatic heterocycles. The van der Waals surface area contributed by atoms with Crippen LogP contribution in [0.2, 0.25) is 0 Å². The third kappa shape index (κ3) is 6.78. The molecule has 1 amide bonds. The lowest BCUT2D eigenvalue weighted by atomic mass is 10.2. The van der Waals surface area contributed by atoms with E-state index in [0.717, 1.165) is 15.7 Å². The Kier molecular flexibility index (Phi) is 9.30. The van der Waals surface area contributed by atoms with E-state index in [9.17, 15) is 4.79 Å². The minimum Gasteiger partial charge on any atom is -0.352 e. The standard InChI is InChI=1S/C16H19BrN4OS.HI/c1-11-3-4-13(17)7-14(11)21-15(22)9-20-16(18-2)19-8-12-5-6-23-10-12;/h3-7,10H,8-9H2,1-2H3,(H,21,22)(H2,18,19,20);1H. The number of halogens is 2. The molecule has 2 aromatic rings. The predicted octanol–water partition coefficient (Wildman–Crippen LogP) is 3.74. The maximum absolute atomic E-state index is 12.1. The molecule has 5 nitrogen and oxygen atoms in total. The van der Waals surface area contributed by atoms with Gasteiger partial charge in [-0.2, -0.15) is 11.3 Å². The van der Waals surface area contributed by atoms with Crippen LogP contribution in [-0.4, -0.2) is 25.5 Å². The molecule has 0 aliphatic rings. The molecule has 0 spiro atoms. The van der Waals surface area contributed by atoms with Crippen molar-refractivity contribution in [1.29, 1.82) is 0 Å². The van der Waals surface area contributed by atoms with E-state index in [1.807, 2.05) is 36.6 Å². The second kappa shape index (κ2) is 10.7. The smallest absolute Gasteiger partial charge is 0.243 e. The van der Waals surface area contributed by atoms with Gasteiger partial charge in [0.2, 0.25) is 5.91 Å². The Morgan fingerprint density at radius 3 is 2.75 bits per heavy atom. The fourth-order valence-electron chi connectivity index (χ4n) is 1.89. The summed E-state index contributed by atoms with van der Waals surface area (Å²) < 4.78 is 0.930. The van der Waals surface area contributed by atoms with Crippen molar-refractivity contribution < 1.29 is 4.79 Å². The van der Waals surface area contributed by atoms with Gasteiger partial charge < -0.3 is 16.0 Å². The number of anilines is 1. The van der Waals surface area contributed by atoms with Crippen LogP contribution in [0.4, 0.5) is 5.69 Å². The highest BCUT2D eigenvalue weighted by Gasteiger charge is 2.07. The van der Waals surface area contributed by atoms with Crippen molar-refractivity contribution in [3.8, 4) is 0 Å². The molecule has 1 heterocycles. The van der Waals surface area contributed by atoms with E-state index < -0.39 is 0 Å². The lowest BCUT2D eigenvalue weighted by molar-refractivity contribution is -0.115. The van der Waals surface area contributed by atoms with Gasteiger partial charge in [0.25, 0.3) is 0 Å². The monoisotopic (exact) mass is 522 g/mol. The van der Waals surface area contributed by atoms with Gasteiger partial charge in [-0.1, -0.05) is 22.0 Å². The van der Waals surface area contributed by atoms with Crippen molar-refractivity contribution in [2.45, 2.75) is 13.5 Å². The van der Waals surface area contributed by atoms with E-state index in [1.165, 1.54) is 5.56 Å². The van der Waals surface area contributed by atoms with Gasteiger partial charge in [-0.15, -0.1) is 24.0 Å². The first-order valence-corrected chi connectivity index (χ1v) is 8.83. The minimum atomic E-state index is -0.121. The topological polar surface area (TPSA) is 65.5 Å². The van der Waals surface area contributed by atoms with Crippen molar-refractivity contribution in [2.24, 2.45) is 4.99 Å². The number of carbonyl (C=O) groups excluding carboxylic acids is 1. The number of thiophene rings is 1. The van der Waals surface area contributed by atoms with Crippen LogP contribution in [0.25, 0.3) is 0 Å². The summed E-state index contributed by atoms with van der Waals surface area (Å²) >= 11 is 5.06. The van der Waals surface area contributed by atoms with Gasteiger partial charge in [0.05, 0.1) is 6.54 Å². The van der Waals surface area contributed by atoms with Crippen LogP contribution in [-0.2, 0) is 11.3 Å². The molecule has 0 radical (unpaired) electrons. The Morgan fingerprint density at radius 2 is 2.08 bits per heavy atom. The second-order valence-electron chi connectivity index (χ2n) is 4.92. The third-order valence-electron chi connectivity index (χ3n) is 3.15. The molecule has 0 saturated heterocycles. The summed E-state index contributed by atoms with van der Waals surface area (Å²) in [5.41, 5.74) is 3.00. The van der Waals surface area contributed by atoms with Crippen molar-refractivity contribution >= 4 is 68.8 Å². The molecule has 0 bridgehead atoms. The SMILES string of the molecule is CN=C(NCC(=O)Nc1cc(Br)ccc1C)NCc1ccsc1.I. The average molecular weight is 523 g/mol. The summed E-state index contributed by atoms with van der Waals surface area (Å²) in [7, 11) is 1.68. The lowest BCUT2D eigenvalue weighted by Gasteiger charge is -2.12. The van der Waals surface area contributed by atoms with Crippen molar-refractivity contribution in [1.82, 2.24) is 10.6 Å². The van der Waals surface area contributed by atoms with Gasteiger partial charge in [-0.05, 0) is 47.0 Å². The van der Waals surface area contributed by atoms with Crippen LogP contribution in [0.3, 0.4) is 0 Å². The Bertz CT molecular complexity index is 691. The number of benzene rings is 1.